The van der Waals surface area contributed by atoms with Crippen LogP contribution in [-0.4, -0.2) is 32.0 Å². The highest BCUT2D eigenvalue weighted by Crippen LogP contribution is 2.15. The molecule has 0 spiro atoms. The number of imidazole rings is 1. The highest BCUT2D eigenvalue weighted by atomic mass is 32.1. The predicted molar refractivity (Wildman–Crippen MR) is 103 cm³/mol. The zero-order valence-corrected chi connectivity index (χ0v) is 15.7. The van der Waals surface area contributed by atoms with Crippen molar-refractivity contribution in [3.63, 3.8) is 0 Å². The van der Waals surface area contributed by atoms with Crippen LogP contribution in [-0.2, 0) is 13.0 Å². The van der Waals surface area contributed by atoms with E-state index in [-0.39, 0.29) is 5.91 Å². The molecule has 0 saturated heterocycles. The Bertz CT molecular complexity index is 1060. The number of rotatable bonds is 7. The third kappa shape index (κ3) is 3.90. The first-order chi connectivity index (χ1) is 13.2. The van der Waals surface area contributed by atoms with Crippen LogP contribution in [0, 0.1) is 6.92 Å². The molecule has 0 radical (unpaired) electrons. The number of thiazole rings is 1. The number of amides is 1. The lowest BCUT2D eigenvalue weighted by molar-refractivity contribution is 0.0948. The molecule has 3 aromatic heterocycles. The third-order valence-electron chi connectivity index (χ3n) is 4.33. The molecule has 4 rings (SSSR count). The molecule has 0 bridgehead atoms. The van der Waals surface area contributed by atoms with Crippen LogP contribution in [0.4, 0.5) is 0 Å². The maximum Gasteiger partial charge on any atom is 0.273 e. The molecule has 0 aliphatic rings. The van der Waals surface area contributed by atoms with E-state index in [0.29, 0.717) is 24.7 Å². The second kappa shape index (κ2) is 7.71. The molecule has 7 nitrogen and oxygen atoms in total. The van der Waals surface area contributed by atoms with E-state index in [4.69, 9.17) is 4.42 Å². The molecule has 138 valence electrons. The van der Waals surface area contributed by atoms with Gasteiger partial charge in [0, 0.05) is 11.4 Å². The van der Waals surface area contributed by atoms with Crippen LogP contribution in [0.3, 0.4) is 0 Å². The Morgan fingerprint density at radius 1 is 1.30 bits per heavy atom. The molecule has 1 amide bonds. The van der Waals surface area contributed by atoms with Crippen molar-refractivity contribution in [2.24, 2.45) is 0 Å². The third-order valence-corrected chi connectivity index (χ3v) is 5.32. The summed E-state index contributed by atoms with van der Waals surface area (Å²) in [7, 11) is 0. The van der Waals surface area contributed by atoms with Gasteiger partial charge in [0.15, 0.2) is 5.69 Å². The van der Waals surface area contributed by atoms with Gasteiger partial charge >= 0.3 is 0 Å². The standard InChI is InChI=1S/C19H19N5O2S/c1-13-17(27-12-22-13)7-4-8-20-19(25)15-10-26-18(23-15)9-24-11-21-14-5-2-3-6-16(14)24/h2-3,5-6,10-12H,4,7-9H2,1H3,(H,20,25). The van der Waals surface area contributed by atoms with Crippen LogP contribution in [0.5, 0.6) is 0 Å². The monoisotopic (exact) mass is 381 g/mol. The van der Waals surface area contributed by atoms with Crippen molar-refractivity contribution in [3.8, 4) is 0 Å². The van der Waals surface area contributed by atoms with Crippen molar-refractivity contribution in [1.29, 1.82) is 0 Å². The summed E-state index contributed by atoms with van der Waals surface area (Å²) < 4.78 is 7.41. The molecular formula is C19H19N5O2S. The second-order valence-electron chi connectivity index (χ2n) is 6.21. The van der Waals surface area contributed by atoms with Gasteiger partial charge < -0.3 is 14.3 Å². The van der Waals surface area contributed by atoms with E-state index in [2.05, 4.69) is 20.3 Å². The molecule has 0 atom stereocenters. The van der Waals surface area contributed by atoms with Gasteiger partial charge in [-0.3, -0.25) is 4.79 Å². The van der Waals surface area contributed by atoms with Crippen LogP contribution in [0.2, 0.25) is 0 Å². The van der Waals surface area contributed by atoms with Gasteiger partial charge in [0.05, 0.1) is 28.6 Å². The number of para-hydroxylation sites is 2. The van der Waals surface area contributed by atoms with Gasteiger partial charge in [-0.1, -0.05) is 12.1 Å². The maximum atomic E-state index is 12.2. The highest BCUT2D eigenvalue weighted by Gasteiger charge is 2.13. The Hall–Kier alpha value is -3.00. The Kier molecular flexibility index (Phi) is 4.97. The van der Waals surface area contributed by atoms with E-state index >= 15 is 0 Å². The molecule has 0 aliphatic carbocycles. The zero-order chi connectivity index (χ0) is 18.6. The Labute approximate surface area is 160 Å². The molecule has 3 heterocycles. The first-order valence-corrected chi connectivity index (χ1v) is 9.60. The van der Waals surface area contributed by atoms with Crippen LogP contribution in [0.1, 0.15) is 33.4 Å². The number of carbonyl (C=O) groups excluding carboxylic acids is 1. The van der Waals surface area contributed by atoms with Crippen molar-refractivity contribution in [3.05, 3.63) is 64.5 Å². The Morgan fingerprint density at radius 3 is 3.04 bits per heavy atom. The lowest BCUT2D eigenvalue weighted by Gasteiger charge is -2.02. The summed E-state index contributed by atoms with van der Waals surface area (Å²) >= 11 is 1.65. The predicted octanol–water partition coefficient (Wildman–Crippen LogP) is 3.20. The van der Waals surface area contributed by atoms with E-state index in [9.17, 15) is 4.79 Å². The topological polar surface area (TPSA) is 85.8 Å². The summed E-state index contributed by atoms with van der Waals surface area (Å²) in [6.07, 6.45) is 4.92. The molecule has 4 aromatic rings. The van der Waals surface area contributed by atoms with Crippen LogP contribution in [0.15, 0.2) is 46.8 Å². The van der Waals surface area contributed by atoms with Crippen molar-refractivity contribution >= 4 is 28.3 Å². The SMILES string of the molecule is Cc1ncsc1CCCNC(=O)c1coc(Cn2cnc3ccccc32)n1. The number of hydrogen-bond acceptors (Lipinski definition) is 6. The molecule has 0 aliphatic heterocycles. The smallest absolute Gasteiger partial charge is 0.273 e. The molecule has 1 N–H and O–H groups in total. The number of oxazole rings is 1. The van der Waals surface area contributed by atoms with Gasteiger partial charge in [-0.15, -0.1) is 11.3 Å². The first kappa shape index (κ1) is 17.4. The summed E-state index contributed by atoms with van der Waals surface area (Å²) in [5.74, 6) is 0.255. The molecule has 0 fully saturated rings. The Morgan fingerprint density at radius 2 is 2.19 bits per heavy atom. The van der Waals surface area contributed by atoms with E-state index in [0.717, 1.165) is 29.6 Å². The van der Waals surface area contributed by atoms with Crippen molar-refractivity contribution in [2.45, 2.75) is 26.3 Å². The van der Waals surface area contributed by atoms with E-state index in [1.54, 1.807) is 17.7 Å². The fraction of sp³-hybridized carbons (Fsp3) is 0.263. The van der Waals surface area contributed by atoms with Gasteiger partial charge in [0.25, 0.3) is 5.91 Å². The number of nitrogens with one attached hydrogen (secondary N) is 1. The summed E-state index contributed by atoms with van der Waals surface area (Å²) in [4.78, 5) is 26.4. The summed E-state index contributed by atoms with van der Waals surface area (Å²) in [6.45, 7) is 3.02. The number of aryl methyl sites for hydroxylation is 2. The summed E-state index contributed by atoms with van der Waals surface area (Å²) in [6, 6.07) is 7.85. The van der Waals surface area contributed by atoms with E-state index < -0.39 is 0 Å². The average Bonchev–Trinajstić information content (AvgIpc) is 3.40. The van der Waals surface area contributed by atoms with Gasteiger partial charge in [-0.25, -0.2) is 15.0 Å². The normalized spacial score (nSPS) is 11.1. The van der Waals surface area contributed by atoms with Crippen LogP contribution < -0.4 is 5.32 Å². The van der Waals surface area contributed by atoms with Gasteiger partial charge in [-0.05, 0) is 31.9 Å². The average molecular weight is 381 g/mol. The van der Waals surface area contributed by atoms with Gasteiger partial charge in [0.2, 0.25) is 5.89 Å². The number of nitrogens with zero attached hydrogens (tertiary/aromatic N) is 4. The minimum absolute atomic E-state index is 0.221. The largest absolute Gasteiger partial charge is 0.446 e. The second-order valence-corrected chi connectivity index (χ2v) is 7.15. The highest BCUT2D eigenvalue weighted by molar-refractivity contribution is 7.09. The van der Waals surface area contributed by atoms with E-state index in [1.165, 1.54) is 11.1 Å². The van der Waals surface area contributed by atoms with Crippen LogP contribution >= 0.6 is 11.3 Å². The molecule has 27 heavy (non-hydrogen) atoms. The van der Waals surface area contributed by atoms with Gasteiger partial charge in [-0.2, -0.15) is 0 Å². The lowest BCUT2D eigenvalue weighted by atomic mass is 10.2. The number of aromatic nitrogens is 4. The lowest BCUT2D eigenvalue weighted by Crippen LogP contribution is -2.25. The molecular weight excluding hydrogens is 362 g/mol. The minimum atomic E-state index is -0.221. The minimum Gasteiger partial charge on any atom is -0.446 e. The van der Waals surface area contributed by atoms with Crippen molar-refractivity contribution < 1.29 is 9.21 Å². The number of benzene rings is 1. The zero-order valence-electron chi connectivity index (χ0n) is 14.9. The fourth-order valence-electron chi connectivity index (χ4n) is 2.88. The molecule has 8 heteroatoms. The fourth-order valence-corrected chi connectivity index (χ4v) is 3.70. The maximum absolute atomic E-state index is 12.2. The number of carbonyl (C=O) groups is 1. The van der Waals surface area contributed by atoms with E-state index in [1.807, 2.05) is 41.3 Å². The molecule has 1 aromatic carbocycles. The summed E-state index contributed by atoms with van der Waals surface area (Å²) in [5, 5.41) is 2.89. The molecule has 0 saturated carbocycles. The Balaban J connectivity index is 1.32. The quantitative estimate of drug-likeness (QED) is 0.497. The summed E-state index contributed by atoms with van der Waals surface area (Å²) in [5.41, 5.74) is 5.13. The number of fused-ring (bicyclic) bond motifs is 1. The van der Waals surface area contributed by atoms with Crippen LogP contribution in [0.25, 0.3) is 11.0 Å². The van der Waals surface area contributed by atoms with Crippen molar-refractivity contribution in [1.82, 2.24) is 24.8 Å². The molecule has 0 unspecified atom stereocenters. The van der Waals surface area contributed by atoms with Crippen molar-refractivity contribution in [2.75, 3.05) is 6.54 Å². The first-order valence-electron chi connectivity index (χ1n) is 8.72. The van der Waals surface area contributed by atoms with Gasteiger partial charge in [0.1, 0.15) is 12.8 Å². The number of hydrogen-bond donors (Lipinski definition) is 1.